The van der Waals surface area contributed by atoms with Crippen molar-refractivity contribution in [2.45, 2.75) is 18.5 Å². The van der Waals surface area contributed by atoms with E-state index in [0.29, 0.717) is 26.1 Å². The molecule has 6 heteroatoms. The normalized spacial score (nSPS) is 17.1. The highest BCUT2D eigenvalue weighted by molar-refractivity contribution is 5.79. The summed E-state index contributed by atoms with van der Waals surface area (Å²) in [6, 6.07) is 23.5. The molecule has 1 fully saturated rings. The maximum absolute atomic E-state index is 12.6. The first-order valence-electron chi connectivity index (χ1n) is 10.9. The van der Waals surface area contributed by atoms with Gasteiger partial charge in [0, 0.05) is 36.8 Å². The van der Waals surface area contributed by atoms with Crippen LogP contribution < -0.4 is 10.1 Å². The summed E-state index contributed by atoms with van der Waals surface area (Å²) in [5.41, 5.74) is 1.85. The van der Waals surface area contributed by atoms with E-state index in [1.54, 1.807) is 6.20 Å². The number of para-hydroxylation sites is 2. The lowest BCUT2D eigenvalue weighted by molar-refractivity contribution is -0.128. The molecule has 1 aliphatic heterocycles. The molecule has 1 saturated heterocycles. The van der Waals surface area contributed by atoms with Gasteiger partial charge in [0.25, 0.3) is 0 Å². The summed E-state index contributed by atoms with van der Waals surface area (Å²) in [6.07, 6.45) is 4.04. The highest BCUT2D eigenvalue weighted by Crippen LogP contribution is 2.29. The van der Waals surface area contributed by atoms with Crippen LogP contribution in [-0.4, -0.2) is 41.5 Å². The Bertz CT molecular complexity index is 1140. The van der Waals surface area contributed by atoms with Gasteiger partial charge in [-0.3, -0.25) is 15.1 Å². The van der Waals surface area contributed by atoms with Gasteiger partial charge in [0.2, 0.25) is 5.91 Å². The van der Waals surface area contributed by atoms with Crippen molar-refractivity contribution < 1.29 is 13.9 Å². The number of nitrogens with one attached hydrogen (secondary N) is 1. The number of furan rings is 1. The van der Waals surface area contributed by atoms with Crippen LogP contribution in [0.5, 0.6) is 5.75 Å². The maximum Gasteiger partial charge on any atom is 0.224 e. The van der Waals surface area contributed by atoms with Crippen LogP contribution in [0.3, 0.4) is 0 Å². The van der Waals surface area contributed by atoms with Gasteiger partial charge >= 0.3 is 0 Å². The van der Waals surface area contributed by atoms with Crippen molar-refractivity contribution in [3.63, 3.8) is 0 Å². The fraction of sp³-hybridized carbons (Fsp3) is 0.231. The Labute approximate surface area is 186 Å². The SMILES string of the molecule is O=C1CC(NC(c2cccnc2)c2cc3ccccc3o2)CN1CCOc1ccccc1. The molecule has 2 aromatic heterocycles. The molecule has 0 aliphatic carbocycles. The second-order valence-electron chi connectivity index (χ2n) is 7.97. The van der Waals surface area contributed by atoms with Crippen molar-refractivity contribution in [3.8, 4) is 5.75 Å². The Kier molecular flexibility index (Phi) is 5.85. The Morgan fingerprint density at radius 2 is 1.94 bits per heavy atom. The molecule has 0 spiro atoms. The average molecular weight is 428 g/mol. The van der Waals surface area contributed by atoms with Crippen molar-refractivity contribution in [1.82, 2.24) is 15.2 Å². The van der Waals surface area contributed by atoms with Gasteiger partial charge in [-0.05, 0) is 35.9 Å². The molecule has 2 aromatic carbocycles. The van der Waals surface area contributed by atoms with E-state index in [0.717, 1.165) is 28.0 Å². The van der Waals surface area contributed by atoms with E-state index in [2.05, 4.69) is 16.4 Å². The molecule has 2 unspecified atom stereocenters. The van der Waals surface area contributed by atoms with E-state index in [4.69, 9.17) is 9.15 Å². The van der Waals surface area contributed by atoms with Crippen LogP contribution in [0.25, 0.3) is 11.0 Å². The van der Waals surface area contributed by atoms with E-state index in [9.17, 15) is 4.79 Å². The van der Waals surface area contributed by atoms with Crippen LogP contribution in [0.2, 0.25) is 0 Å². The minimum atomic E-state index is -0.186. The molecular formula is C26H25N3O3. The number of amides is 1. The number of likely N-dealkylation sites (tertiary alicyclic amines) is 1. The highest BCUT2D eigenvalue weighted by Gasteiger charge is 2.32. The average Bonchev–Trinajstić information content (AvgIpc) is 3.42. The van der Waals surface area contributed by atoms with Crippen LogP contribution in [0.1, 0.15) is 23.8 Å². The van der Waals surface area contributed by atoms with E-state index in [1.165, 1.54) is 0 Å². The second kappa shape index (κ2) is 9.24. The summed E-state index contributed by atoms with van der Waals surface area (Å²) < 4.78 is 11.9. The molecule has 0 bridgehead atoms. The largest absolute Gasteiger partial charge is 0.492 e. The Hall–Kier alpha value is -3.64. The van der Waals surface area contributed by atoms with Gasteiger partial charge in [0.15, 0.2) is 0 Å². The van der Waals surface area contributed by atoms with Gasteiger partial charge in [-0.15, -0.1) is 0 Å². The van der Waals surface area contributed by atoms with Crippen LogP contribution in [0, 0.1) is 0 Å². The van der Waals surface area contributed by atoms with Crippen LogP contribution >= 0.6 is 0 Å². The quantitative estimate of drug-likeness (QED) is 0.457. The number of nitrogens with zero attached hydrogens (tertiary/aromatic N) is 2. The van der Waals surface area contributed by atoms with Crippen molar-refractivity contribution in [2.24, 2.45) is 0 Å². The zero-order valence-electron chi connectivity index (χ0n) is 17.7. The molecule has 3 heterocycles. The number of rotatable bonds is 8. The van der Waals surface area contributed by atoms with Crippen LogP contribution in [0.15, 0.2) is 89.6 Å². The van der Waals surface area contributed by atoms with Gasteiger partial charge in [-0.2, -0.15) is 0 Å². The van der Waals surface area contributed by atoms with Crippen LogP contribution in [-0.2, 0) is 4.79 Å². The molecule has 0 radical (unpaired) electrons. The van der Waals surface area contributed by atoms with E-state index >= 15 is 0 Å². The summed E-state index contributed by atoms with van der Waals surface area (Å²) in [6.45, 7) is 1.67. The Balaban J connectivity index is 1.28. The summed E-state index contributed by atoms with van der Waals surface area (Å²) in [4.78, 5) is 18.8. The summed E-state index contributed by atoms with van der Waals surface area (Å²) in [5.74, 6) is 1.77. The van der Waals surface area contributed by atoms with Crippen molar-refractivity contribution in [2.75, 3.05) is 19.7 Å². The number of aromatic nitrogens is 1. The minimum Gasteiger partial charge on any atom is -0.492 e. The van der Waals surface area contributed by atoms with Gasteiger partial charge in [0.05, 0.1) is 12.6 Å². The lowest BCUT2D eigenvalue weighted by atomic mass is 10.0. The van der Waals surface area contributed by atoms with Crippen LogP contribution in [0.4, 0.5) is 0 Å². The molecule has 0 saturated carbocycles. The molecule has 1 amide bonds. The van der Waals surface area contributed by atoms with E-state index in [-0.39, 0.29) is 18.0 Å². The lowest BCUT2D eigenvalue weighted by Crippen LogP contribution is -2.37. The minimum absolute atomic E-state index is 0.0117. The number of benzene rings is 2. The van der Waals surface area contributed by atoms with E-state index < -0.39 is 0 Å². The highest BCUT2D eigenvalue weighted by atomic mass is 16.5. The smallest absolute Gasteiger partial charge is 0.224 e. The van der Waals surface area contributed by atoms with Gasteiger partial charge in [-0.25, -0.2) is 0 Å². The molecule has 162 valence electrons. The number of fused-ring (bicyclic) bond motifs is 1. The number of hydrogen-bond donors (Lipinski definition) is 1. The molecular weight excluding hydrogens is 402 g/mol. The molecule has 32 heavy (non-hydrogen) atoms. The number of pyridine rings is 1. The first kappa shape index (κ1) is 20.3. The lowest BCUT2D eigenvalue weighted by Gasteiger charge is -2.22. The number of carbonyl (C=O) groups excluding carboxylic acids is 1. The Morgan fingerprint density at radius 3 is 2.75 bits per heavy atom. The van der Waals surface area contributed by atoms with Gasteiger partial charge < -0.3 is 14.1 Å². The summed E-state index contributed by atoms with van der Waals surface area (Å²) in [5, 5.41) is 4.70. The van der Waals surface area contributed by atoms with E-state index in [1.807, 2.05) is 77.8 Å². The predicted octanol–water partition coefficient (Wildman–Crippen LogP) is 4.19. The maximum atomic E-state index is 12.6. The van der Waals surface area contributed by atoms with Crippen molar-refractivity contribution in [3.05, 3.63) is 96.5 Å². The topological polar surface area (TPSA) is 67.6 Å². The standard InChI is InChI=1S/C26H25N3O3/c30-25-16-21(18-29(25)13-14-31-22-9-2-1-3-10-22)28-26(20-8-6-12-27-17-20)24-15-19-7-4-5-11-23(19)32-24/h1-12,15,17,21,26,28H,13-14,16,18H2. The van der Waals surface area contributed by atoms with Crippen molar-refractivity contribution >= 4 is 16.9 Å². The number of ether oxygens (including phenoxy) is 1. The summed E-state index contributed by atoms with van der Waals surface area (Å²) >= 11 is 0. The van der Waals surface area contributed by atoms with Gasteiger partial charge in [-0.1, -0.05) is 42.5 Å². The molecule has 4 aromatic rings. The predicted molar refractivity (Wildman–Crippen MR) is 122 cm³/mol. The number of hydrogen-bond acceptors (Lipinski definition) is 5. The first-order chi connectivity index (χ1) is 15.8. The monoisotopic (exact) mass is 427 g/mol. The molecule has 1 N–H and O–H groups in total. The zero-order valence-corrected chi connectivity index (χ0v) is 17.7. The molecule has 5 rings (SSSR count). The third-order valence-corrected chi connectivity index (χ3v) is 5.74. The number of carbonyl (C=O) groups is 1. The first-order valence-corrected chi connectivity index (χ1v) is 10.9. The van der Waals surface area contributed by atoms with Crippen molar-refractivity contribution in [1.29, 1.82) is 0 Å². The second-order valence-corrected chi connectivity index (χ2v) is 7.97. The Morgan fingerprint density at radius 1 is 1.09 bits per heavy atom. The molecule has 6 nitrogen and oxygen atoms in total. The summed E-state index contributed by atoms with van der Waals surface area (Å²) in [7, 11) is 0. The fourth-order valence-electron chi connectivity index (χ4n) is 4.16. The molecule has 1 aliphatic rings. The third-order valence-electron chi connectivity index (χ3n) is 5.74. The van der Waals surface area contributed by atoms with Gasteiger partial charge in [0.1, 0.15) is 23.7 Å². The molecule has 2 atom stereocenters. The third kappa shape index (κ3) is 4.50. The fourth-order valence-corrected chi connectivity index (χ4v) is 4.16. The zero-order chi connectivity index (χ0) is 21.8.